The van der Waals surface area contributed by atoms with E-state index in [1.165, 1.54) is 5.69 Å². The van der Waals surface area contributed by atoms with Crippen LogP contribution in [0.25, 0.3) is 0 Å². The second kappa shape index (κ2) is 12.6. The summed E-state index contributed by atoms with van der Waals surface area (Å²) in [6.45, 7) is 9.17. The number of para-hydroxylation sites is 1. The normalized spacial score (nSPS) is 11.0. The van der Waals surface area contributed by atoms with Gasteiger partial charge in [-0.05, 0) is 45.7 Å². The lowest BCUT2D eigenvalue weighted by Crippen LogP contribution is -2.41. The summed E-state index contributed by atoms with van der Waals surface area (Å²) >= 11 is 0. The van der Waals surface area contributed by atoms with Crippen LogP contribution in [0.3, 0.4) is 0 Å². The first kappa shape index (κ1) is 21.0. The molecule has 126 valence electrons. The van der Waals surface area contributed by atoms with Gasteiger partial charge in [0.05, 0.1) is 0 Å². The van der Waals surface area contributed by atoms with Gasteiger partial charge < -0.3 is 15.5 Å². The smallest absolute Gasteiger partial charge is 0.191 e. The predicted octanol–water partition coefficient (Wildman–Crippen LogP) is 3.48. The lowest BCUT2D eigenvalue weighted by molar-refractivity contribution is 0.687. The zero-order valence-electron chi connectivity index (χ0n) is 14.3. The molecule has 0 heterocycles. The van der Waals surface area contributed by atoms with Gasteiger partial charge in [-0.1, -0.05) is 18.2 Å². The van der Waals surface area contributed by atoms with Crippen LogP contribution in [-0.2, 0) is 0 Å². The van der Waals surface area contributed by atoms with Gasteiger partial charge in [0.2, 0.25) is 0 Å². The maximum atomic E-state index is 4.60. The van der Waals surface area contributed by atoms with Gasteiger partial charge in [0.1, 0.15) is 0 Å². The summed E-state index contributed by atoms with van der Waals surface area (Å²) in [5.74, 6) is 0.920. The largest absolute Gasteiger partial charge is 0.375 e. The third kappa shape index (κ3) is 9.12. The Labute approximate surface area is 152 Å². The molecule has 4 nitrogen and oxygen atoms in total. The number of hydrogen-bond acceptors (Lipinski definition) is 2. The van der Waals surface area contributed by atoms with Crippen LogP contribution in [0.1, 0.15) is 33.6 Å². The van der Waals surface area contributed by atoms with Crippen molar-refractivity contribution in [2.75, 3.05) is 31.6 Å². The van der Waals surface area contributed by atoms with Crippen molar-refractivity contribution in [3.8, 4) is 0 Å². The molecule has 0 bridgehead atoms. The summed E-state index contributed by atoms with van der Waals surface area (Å²) in [6.07, 6.45) is 2.25. The molecule has 0 aromatic heterocycles. The first-order valence-electron chi connectivity index (χ1n) is 7.94. The van der Waals surface area contributed by atoms with Crippen LogP contribution >= 0.6 is 24.0 Å². The Morgan fingerprint density at radius 3 is 2.45 bits per heavy atom. The van der Waals surface area contributed by atoms with Crippen LogP contribution in [0.4, 0.5) is 5.69 Å². The molecule has 0 saturated carbocycles. The topological polar surface area (TPSA) is 39.7 Å². The van der Waals surface area contributed by atoms with Crippen molar-refractivity contribution < 1.29 is 0 Å². The van der Waals surface area contributed by atoms with E-state index in [0.717, 1.165) is 38.4 Å². The van der Waals surface area contributed by atoms with Gasteiger partial charge in [-0.3, -0.25) is 4.99 Å². The van der Waals surface area contributed by atoms with E-state index in [1.807, 2.05) is 0 Å². The number of benzene rings is 1. The van der Waals surface area contributed by atoms with E-state index < -0.39 is 0 Å². The van der Waals surface area contributed by atoms with Crippen molar-refractivity contribution in [1.29, 1.82) is 0 Å². The molecule has 0 saturated heterocycles. The number of guanidine groups is 1. The highest BCUT2D eigenvalue weighted by Crippen LogP contribution is 2.11. The predicted molar refractivity (Wildman–Crippen MR) is 109 cm³/mol. The second-order valence-electron chi connectivity index (χ2n) is 5.52. The Bertz CT molecular complexity index is 406. The number of unbranched alkanes of at least 4 members (excludes halogenated alkanes) is 1. The van der Waals surface area contributed by atoms with Gasteiger partial charge in [0, 0.05) is 38.4 Å². The highest BCUT2D eigenvalue weighted by molar-refractivity contribution is 14.0. The molecule has 1 rings (SSSR count). The molecule has 0 spiro atoms. The molecular weight excluding hydrogens is 387 g/mol. The molecule has 1 aromatic rings. The molecule has 0 aliphatic rings. The molecule has 5 heteroatoms. The summed E-state index contributed by atoms with van der Waals surface area (Å²) in [4.78, 5) is 6.89. The maximum Gasteiger partial charge on any atom is 0.191 e. The van der Waals surface area contributed by atoms with Gasteiger partial charge >= 0.3 is 0 Å². The Morgan fingerprint density at radius 1 is 1.18 bits per heavy atom. The van der Waals surface area contributed by atoms with Gasteiger partial charge in [0.15, 0.2) is 5.96 Å². The van der Waals surface area contributed by atoms with Gasteiger partial charge in [-0.25, -0.2) is 0 Å². The zero-order chi connectivity index (χ0) is 15.5. The molecule has 0 atom stereocenters. The van der Waals surface area contributed by atoms with Crippen LogP contribution in [0.15, 0.2) is 35.3 Å². The fourth-order valence-electron chi connectivity index (χ4n) is 2.06. The van der Waals surface area contributed by atoms with Crippen LogP contribution in [0.2, 0.25) is 0 Å². The summed E-state index contributed by atoms with van der Waals surface area (Å²) < 4.78 is 0. The Kier molecular flexibility index (Phi) is 12.0. The van der Waals surface area contributed by atoms with E-state index in [2.05, 4.69) is 78.7 Å². The lowest BCUT2D eigenvalue weighted by Gasteiger charge is -2.19. The minimum atomic E-state index is 0. The van der Waals surface area contributed by atoms with E-state index in [-0.39, 0.29) is 24.0 Å². The quantitative estimate of drug-likeness (QED) is 0.294. The van der Waals surface area contributed by atoms with E-state index in [9.17, 15) is 0 Å². The summed E-state index contributed by atoms with van der Waals surface area (Å²) in [5, 5.41) is 6.60. The number of anilines is 1. The number of rotatable bonds is 8. The van der Waals surface area contributed by atoms with Crippen molar-refractivity contribution in [3.05, 3.63) is 30.3 Å². The lowest BCUT2D eigenvalue weighted by atomic mass is 10.2. The molecule has 0 aliphatic carbocycles. The highest BCUT2D eigenvalue weighted by Gasteiger charge is 2.00. The van der Waals surface area contributed by atoms with Crippen molar-refractivity contribution in [3.63, 3.8) is 0 Å². The van der Waals surface area contributed by atoms with E-state index >= 15 is 0 Å². The fraction of sp³-hybridized carbons (Fsp3) is 0.588. The molecule has 0 aliphatic heterocycles. The van der Waals surface area contributed by atoms with E-state index in [4.69, 9.17) is 0 Å². The number of nitrogens with zero attached hydrogens (tertiary/aromatic N) is 2. The molecule has 1 aromatic carbocycles. The Morgan fingerprint density at radius 2 is 1.86 bits per heavy atom. The van der Waals surface area contributed by atoms with Crippen molar-refractivity contribution in [2.45, 2.75) is 39.7 Å². The molecule has 0 fully saturated rings. The van der Waals surface area contributed by atoms with E-state index in [1.54, 1.807) is 0 Å². The highest BCUT2D eigenvalue weighted by atomic mass is 127. The van der Waals surface area contributed by atoms with Crippen molar-refractivity contribution >= 4 is 35.6 Å². The van der Waals surface area contributed by atoms with Crippen molar-refractivity contribution in [2.24, 2.45) is 4.99 Å². The van der Waals surface area contributed by atoms with Gasteiger partial charge in [0.25, 0.3) is 0 Å². The van der Waals surface area contributed by atoms with Gasteiger partial charge in [-0.2, -0.15) is 0 Å². The molecule has 22 heavy (non-hydrogen) atoms. The number of hydrogen-bond donors (Lipinski definition) is 2. The van der Waals surface area contributed by atoms with Crippen LogP contribution in [0.5, 0.6) is 0 Å². The van der Waals surface area contributed by atoms with Gasteiger partial charge in [-0.15, -0.1) is 24.0 Å². The number of halogens is 1. The fourth-order valence-corrected chi connectivity index (χ4v) is 2.06. The summed E-state index contributed by atoms with van der Waals surface area (Å²) in [7, 11) is 2.14. The third-order valence-corrected chi connectivity index (χ3v) is 3.14. The van der Waals surface area contributed by atoms with Crippen molar-refractivity contribution in [1.82, 2.24) is 10.6 Å². The first-order valence-corrected chi connectivity index (χ1v) is 7.94. The average molecular weight is 418 g/mol. The molecule has 2 N–H and O–H groups in total. The Hall–Kier alpha value is -0.980. The molecule has 0 amide bonds. The zero-order valence-corrected chi connectivity index (χ0v) is 16.6. The summed E-state index contributed by atoms with van der Waals surface area (Å²) in [5.41, 5.74) is 1.27. The molecule has 0 radical (unpaired) electrons. The third-order valence-electron chi connectivity index (χ3n) is 3.14. The van der Waals surface area contributed by atoms with E-state index in [0.29, 0.717) is 6.04 Å². The number of nitrogens with one attached hydrogen (secondary N) is 2. The van der Waals surface area contributed by atoms with Crippen LogP contribution in [-0.4, -0.2) is 38.7 Å². The minimum absolute atomic E-state index is 0. The van der Waals surface area contributed by atoms with Crippen LogP contribution in [0, 0.1) is 0 Å². The number of aliphatic imine (C=N–C) groups is 1. The first-order chi connectivity index (χ1) is 10.1. The SMILES string of the molecule is CCNC(=NCCCCN(C)c1ccccc1)NC(C)C.I. The summed E-state index contributed by atoms with van der Waals surface area (Å²) in [6, 6.07) is 10.9. The van der Waals surface area contributed by atoms with Crippen LogP contribution < -0.4 is 15.5 Å². The maximum absolute atomic E-state index is 4.60. The monoisotopic (exact) mass is 418 g/mol. The average Bonchev–Trinajstić information content (AvgIpc) is 2.47. The molecule has 0 unspecified atom stereocenters. The Balaban J connectivity index is 0.00000441. The molecular formula is C17H31IN4. The standard InChI is InChI=1S/C17H30N4.HI/c1-5-18-17(20-15(2)3)19-13-9-10-14-21(4)16-11-7-6-8-12-16;/h6-8,11-12,15H,5,9-10,13-14H2,1-4H3,(H2,18,19,20);1H. The second-order valence-corrected chi connectivity index (χ2v) is 5.52. The minimum Gasteiger partial charge on any atom is -0.375 e.